The van der Waals surface area contributed by atoms with Crippen LogP contribution >= 0.6 is 11.6 Å². The molecule has 0 heterocycles. The van der Waals surface area contributed by atoms with Crippen molar-refractivity contribution < 1.29 is 18.0 Å². The van der Waals surface area contributed by atoms with Crippen LogP contribution in [-0.2, 0) is 32.6 Å². The molecular formula is C27H30ClN3O4S. The molecule has 0 aliphatic heterocycles. The maximum Gasteiger partial charge on any atom is 0.264 e. The minimum absolute atomic E-state index is 0.0736. The van der Waals surface area contributed by atoms with Crippen LogP contribution in [0.25, 0.3) is 0 Å². The van der Waals surface area contributed by atoms with Crippen molar-refractivity contribution >= 4 is 39.1 Å². The molecule has 36 heavy (non-hydrogen) atoms. The number of nitrogens with zero attached hydrogens (tertiary/aromatic N) is 2. The van der Waals surface area contributed by atoms with Gasteiger partial charge in [0.05, 0.1) is 10.6 Å². The Morgan fingerprint density at radius 3 is 2.28 bits per heavy atom. The van der Waals surface area contributed by atoms with Gasteiger partial charge >= 0.3 is 0 Å². The third-order valence-electron chi connectivity index (χ3n) is 5.91. The number of rotatable bonds is 10. The first-order valence-corrected chi connectivity index (χ1v) is 13.4. The normalized spacial score (nSPS) is 12.0. The molecule has 0 saturated heterocycles. The Morgan fingerprint density at radius 2 is 1.64 bits per heavy atom. The van der Waals surface area contributed by atoms with Crippen molar-refractivity contribution in [2.45, 2.75) is 37.8 Å². The van der Waals surface area contributed by atoms with Gasteiger partial charge in [0.2, 0.25) is 11.8 Å². The highest BCUT2D eigenvalue weighted by Crippen LogP contribution is 2.28. The number of sulfonamides is 1. The largest absolute Gasteiger partial charge is 0.357 e. The summed E-state index contributed by atoms with van der Waals surface area (Å²) in [7, 11) is -2.59. The molecule has 190 valence electrons. The smallest absolute Gasteiger partial charge is 0.264 e. The first-order chi connectivity index (χ1) is 17.2. The predicted molar refractivity (Wildman–Crippen MR) is 142 cm³/mol. The van der Waals surface area contributed by atoms with E-state index in [0.717, 1.165) is 15.4 Å². The van der Waals surface area contributed by atoms with Crippen LogP contribution in [0.2, 0.25) is 5.02 Å². The minimum Gasteiger partial charge on any atom is -0.357 e. The molecule has 0 fully saturated rings. The molecule has 0 aromatic heterocycles. The Hall–Kier alpha value is -3.36. The lowest BCUT2D eigenvalue weighted by molar-refractivity contribution is -0.139. The Kier molecular flexibility index (Phi) is 9.12. The molecule has 3 aromatic carbocycles. The van der Waals surface area contributed by atoms with E-state index in [1.54, 1.807) is 61.5 Å². The number of amides is 2. The maximum atomic E-state index is 13.8. The van der Waals surface area contributed by atoms with E-state index in [2.05, 4.69) is 5.32 Å². The van der Waals surface area contributed by atoms with E-state index in [1.807, 2.05) is 19.1 Å². The van der Waals surface area contributed by atoms with Crippen molar-refractivity contribution in [1.29, 1.82) is 0 Å². The number of hydrogen-bond donors (Lipinski definition) is 1. The molecule has 0 saturated carbocycles. The molecule has 1 atom stereocenters. The van der Waals surface area contributed by atoms with Gasteiger partial charge in [0.1, 0.15) is 12.6 Å². The van der Waals surface area contributed by atoms with Crippen LogP contribution in [0.5, 0.6) is 0 Å². The summed E-state index contributed by atoms with van der Waals surface area (Å²) in [5.41, 5.74) is 1.93. The molecule has 0 aliphatic carbocycles. The van der Waals surface area contributed by atoms with Crippen LogP contribution < -0.4 is 9.62 Å². The monoisotopic (exact) mass is 527 g/mol. The van der Waals surface area contributed by atoms with Crippen molar-refractivity contribution in [2.24, 2.45) is 0 Å². The van der Waals surface area contributed by atoms with Crippen LogP contribution in [0.3, 0.4) is 0 Å². The van der Waals surface area contributed by atoms with Gasteiger partial charge in [-0.2, -0.15) is 0 Å². The van der Waals surface area contributed by atoms with Crippen molar-refractivity contribution in [3.63, 3.8) is 0 Å². The topological polar surface area (TPSA) is 86.8 Å². The van der Waals surface area contributed by atoms with E-state index in [0.29, 0.717) is 17.1 Å². The lowest BCUT2D eigenvalue weighted by atomic mass is 10.1. The first-order valence-electron chi connectivity index (χ1n) is 11.6. The zero-order valence-electron chi connectivity index (χ0n) is 20.5. The van der Waals surface area contributed by atoms with E-state index in [-0.39, 0.29) is 17.3 Å². The van der Waals surface area contributed by atoms with Gasteiger partial charge in [-0.05, 0) is 54.8 Å². The summed E-state index contributed by atoms with van der Waals surface area (Å²) < 4.78 is 28.7. The quantitative estimate of drug-likeness (QED) is 0.427. The average molecular weight is 528 g/mol. The standard InChI is InChI=1S/C27H30ClN3O4S/c1-4-22-12-8-9-16-25(22)31(36(34,35)24-14-6-5-7-15-24)19-26(32)30(20(2)27(33)29-3)18-21-11-10-13-23(28)17-21/h5-17,20H,4,18-19H2,1-3H3,(H,29,33). The lowest BCUT2D eigenvalue weighted by Crippen LogP contribution is -2.50. The number of likely N-dealkylation sites (N-methyl/N-ethyl adjacent to an activating group) is 1. The van der Waals surface area contributed by atoms with E-state index >= 15 is 0 Å². The van der Waals surface area contributed by atoms with E-state index in [4.69, 9.17) is 11.6 Å². The molecular weight excluding hydrogens is 498 g/mol. The maximum absolute atomic E-state index is 13.8. The molecule has 7 nitrogen and oxygen atoms in total. The highest BCUT2D eigenvalue weighted by atomic mass is 35.5. The zero-order chi connectivity index (χ0) is 26.3. The number of hydrogen-bond acceptors (Lipinski definition) is 4. The first kappa shape index (κ1) is 27.2. The third kappa shape index (κ3) is 6.25. The van der Waals surface area contributed by atoms with Crippen molar-refractivity contribution in [3.8, 4) is 0 Å². The molecule has 9 heteroatoms. The summed E-state index contributed by atoms with van der Waals surface area (Å²) in [6.45, 7) is 3.14. The molecule has 0 aliphatic rings. The molecule has 2 amide bonds. The Bertz CT molecular complexity index is 1320. The summed E-state index contributed by atoms with van der Waals surface area (Å²) in [6, 6.07) is 21.2. The minimum atomic E-state index is -4.08. The van der Waals surface area contributed by atoms with Crippen LogP contribution in [0.4, 0.5) is 5.69 Å². The lowest BCUT2D eigenvalue weighted by Gasteiger charge is -2.32. The molecule has 3 rings (SSSR count). The van der Waals surface area contributed by atoms with Gasteiger partial charge in [0, 0.05) is 18.6 Å². The van der Waals surface area contributed by atoms with E-state index < -0.39 is 28.5 Å². The van der Waals surface area contributed by atoms with Crippen molar-refractivity contribution in [2.75, 3.05) is 17.9 Å². The number of carbonyl (C=O) groups excluding carboxylic acids is 2. The van der Waals surface area contributed by atoms with Gasteiger partial charge in [0.25, 0.3) is 10.0 Å². The SMILES string of the molecule is CCc1ccccc1N(CC(=O)N(Cc1cccc(Cl)c1)C(C)C(=O)NC)S(=O)(=O)c1ccccc1. The Morgan fingerprint density at radius 1 is 0.972 bits per heavy atom. The molecule has 0 spiro atoms. The second-order valence-electron chi connectivity index (χ2n) is 8.25. The zero-order valence-corrected chi connectivity index (χ0v) is 22.1. The number of carbonyl (C=O) groups is 2. The van der Waals surface area contributed by atoms with Crippen LogP contribution in [-0.4, -0.2) is 44.8 Å². The van der Waals surface area contributed by atoms with Crippen LogP contribution in [0.15, 0.2) is 83.8 Å². The second kappa shape index (κ2) is 12.1. The van der Waals surface area contributed by atoms with Gasteiger partial charge in [-0.1, -0.05) is 67.1 Å². The van der Waals surface area contributed by atoms with E-state index in [9.17, 15) is 18.0 Å². The van der Waals surface area contributed by atoms with Gasteiger partial charge in [0.15, 0.2) is 0 Å². The highest BCUT2D eigenvalue weighted by Gasteiger charge is 2.33. The highest BCUT2D eigenvalue weighted by molar-refractivity contribution is 7.92. The fourth-order valence-corrected chi connectivity index (χ4v) is 5.60. The number of benzene rings is 3. The average Bonchev–Trinajstić information content (AvgIpc) is 2.89. The molecule has 0 radical (unpaired) electrons. The second-order valence-corrected chi connectivity index (χ2v) is 10.5. The number of para-hydroxylation sites is 1. The molecule has 1 N–H and O–H groups in total. The molecule has 3 aromatic rings. The van der Waals surface area contributed by atoms with Crippen LogP contribution in [0, 0.1) is 0 Å². The van der Waals surface area contributed by atoms with E-state index in [1.165, 1.54) is 24.1 Å². The van der Waals surface area contributed by atoms with Gasteiger partial charge in [-0.15, -0.1) is 0 Å². The third-order valence-corrected chi connectivity index (χ3v) is 7.92. The van der Waals surface area contributed by atoms with Crippen molar-refractivity contribution in [3.05, 3.63) is 95.0 Å². The number of nitrogens with one attached hydrogen (secondary N) is 1. The molecule has 0 bridgehead atoms. The van der Waals surface area contributed by atoms with Gasteiger partial charge in [-0.25, -0.2) is 8.42 Å². The number of halogens is 1. The summed E-state index contributed by atoms with van der Waals surface area (Å²) in [4.78, 5) is 27.7. The summed E-state index contributed by atoms with van der Waals surface area (Å²) >= 11 is 6.13. The number of anilines is 1. The Balaban J connectivity index is 2.06. The fraction of sp³-hybridized carbons (Fsp3) is 0.259. The summed E-state index contributed by atoms with van der Waals surface area (Å²) in [5, 5.41) is 3.06. The predicted octanol–water partition coefficient (Wildman–Crippen LogP) is 4.26. The van der Waals surface area contributed by atoms with Gasteiger partial charge < -0.3 is 10.2 Å². The molecule has 1 unspecified atom stereocenters. The van der Waals surface area contributed by atoms with Crippen molar-refractivity contribution in [1.82, 2.24) is 10.2 Å². The fourth-order valence-electron chi connectivity index (χ4n) is 3.91. The van der Waals surface area contributed by atoms with Crippen LogP contribution in [0.1, 0.15) is 25.0 Å². The summed E-state index contributed by atoms with van der Waals surface area (Å²) in [6.07, 6.45) is 0.575. The summed E-state index contributed by atoms with van der Waals surface area (Å²) in [5.74, 6) is -0.881. The Labute approximate surface area is 217 Å². The van der Waals surface area contributed by atoms with Gasteiger partial charge in [-0.3, -0.25) is 13.9 Å². The number of aryl methyl sites for hydroxylation is 1.